The predicted octanol–water partition coefficient (Wildman–Crippen LogP) is 1.99. The lowest BCUT2D eigenvalue weighted by atomic mass is 10.1. The van der Waals surface area contributed by atoms with E-state index < -0.39 is 40.8 Å². The highest BCUT2D eigenvalue weighted by Gasteiger charge is 2.19. The van der Waals surface area contributed by atoms with Gasteiger partial charge in [-0.05, 0) is 32.9 Å². The minimum Gasteiger partial charge on any atom is -0.478 e. The predicted molar refractivity (Wildman–Crippen MR) is 69.7 cm³/mol. The van der Waals surface area contributed by atoms with Crippen molar-refractivity contribution in [2.75, 3.05) is 5.32 Å². The van der Waals surface area contributed by atoms with Crippen LogP contribution < -0.4 is 10.6 Å². The summed E-state index contributed by atoms with van der Waals surface area (Å²) in [4.78, 5) is 22.3. The second-order valence-electron chi connectivity index (χ2n) is 4.65. The fourth-order valence-electron chi connectivity index (χ4n) is 1.53. The molecule has 110 valence electrons. The van der Waals surface area contributed by atoms with Crippen LogP contribution in [0.25, 0.3) is 0 Å². The van der Waals surface area contributed by atoms with Crippen molar-refractivity contribution >= 4 is 17.6 Å². The molecule has 1 rings (SSSR count). The maximum Gasteiger partial charge on any atom is 0.335 e. The summed E-state index contributed by atoms with van der Waals surface area (Å²) >= 11 is 0. The fraction of sp³-hybridized carbons (Fsp3) is 0.385. The highest BCUT2D eigenvalue weighted by molar-refractivity contribution is 5.88. The monoisotopic (exact) mass is 286 g/mol. The molecule has 0 radical (unpaired) electrons. The number of carboxylic acids is 1. The number of aromatic carboxylic acids is 1. The van der Waals surface area contributed by atoms with Gasteiger partial charge in [0.1, 0.15) is 23.4 Å². The maximum atomic E-state index is 13.7. The molecule has 20 heavy (non-hydrogen) atoms. The van der Waals surface area contributed by atoms with Gasteiger partial charge in [-0.2, -0.15) is 0 Å². The first kappa shape index (κ1) is 15.9. The molecule has 0 aliphatic rings. The minimum atomic E-state index is -1.43. The third-order valence-electron chi connectivity index (χ3n) is 2.47. The normalized spacial score (nSPS) is 12.1. The Labute approximate surface area is 115 Å². The van der Waals surface area contributed by atoms with E-state index in [2.05, 4.69) is 10.6 Å². The molecular formula is C13H16F2N2O3. The number of carbonyl (C=O) groups excluding carboxylic acids is 1. The molecule has 1 aromatic carbocycles. The van der Waals surface area contributed by atoms with E-state index in [0.29, 0.717) is 12.1 Å². The lowest BCUT2D eigenvalue weighted by Gasteiger charge is -2.18. The summed E-state index contributed by atoms with van der Waals surface area (Å²) in [7, 11) is 0. The van der Waals surface area contributed by atoms with Crippen molar-refractivity contribution in [1.82, 2.24) is 5.32 Å². The van der Waals surface area contributed by atoms with Crippen LogP contribution in [0.2, 0.25) is 0 Å². The zero-order chi connectivity index (χ0) is 15.4. The van der Waals surface area contributed by atoms with Crippen LogP contribution in [0.5, 0.6) is 0 Å². The zero-order valence-corrected chi connectivity index (χ0v) is 11.3. The Bertz CT molecular complexity index is 509. The van der Waals surface area contributed by atoms with Crippen LogP contribution in [0.15, 0.2) is 12.1 Å². The largest absolute Gasteiger partial charge is 0.478 e. The number of anilines is 1. The summed E-state index contributed by atoms with van der Waals surface area (Å²) in [6, 6.07) is 0.426. The second-order valence-corrected chi connectivity index (χ2v) is 4.65. The SMILES string of the molecule is CC(C)NC(=O)C(C)Nc1c(F)cc(C(=O)O)cc1F. The smallest absolute Gasteiger partial charge is 0.335 e. The highest BCUT2D eigenvalue weighted by atomic mass is 19.1. The Morgan fingerprint density at radius 1 is 1.15 bits per heavy atom. The fourth-order valence-corrected chi connectivity index (χ4v) is 1.53. The van der Waals surface area contributed by atoms with E-state index in [9.17, 15) is 18.4 Å². The van der Waals surface area contributed by atoms with Crippen molar-refractivity contribution in [2.45, 2.75) is 32.9 Å². The summed E-state index contributed by atoms with van der Waals surface area (Å²) in [6.45, 7) is 4.96. The molecule has 0 saturated carbocycles. The molecular weight excluding hydrogens is 270 g/mol. The van der Waals surface area contributed by atoms with E-state index in [1.54, 1.807) is 13.8 Å². The third-order valence-corrected chi connectivity index (χ3v) is 2.47. The number of hydrogen-bond acceptors (Lipinski definition) is 3. The van der Waals surface area contributed by atoms with E-state index in [-0.39, 0.29) is 6.04 Å². The van der Waals surface area contributed by atoms with Crippen LogP contribution in [-0.2, 0) is 4.79 Å². The van der Waals surface area contributed by atoms with Gasteiger partial charge in [0.25, 0.3) is 0 Å². The zero-order valence-electron chi connectivity index (χ0n) is 11.3. The van der Waals surface area contributed by atoms with E-state index in [1.807, 2.05) is 0 Å². The molecule has 3 N–H and O–H groups in total. The number of hydrogen-bond donors (Lipinski definition) is 3. The van der Waals surface area contributed by atoms with Crippen LogP contribution in [-0.4, -0.2) is 29.1 Å². The molecule has 0 spiro atoms. The first-order valence-corrected chi connectivity index (χ1v) is 6.01. The van der Waals surface area contributed by atoms with Gasteiger partial charge >= 0.3 is 5.97 Å². The topological polar surface area (TPSA) is 78.4 Å². The number of rotatable bonds is 5. The number of halogens is 2. The number of benzene rings is 1. The number of carbonyl (C=O) groups is 2. The maximum absolute atomic E-state index is 13.7. The van der Waals surface area contributed by atoms with Gasteiger partial charge in [0.2, 0.25) is 5.91 Å². The average molecular weight is 286 g/mol. The lowest BCUT2D eigenvalue weighted by molar-refractivity contribution is -0.122. The molecule has 1 aromatic rings. The molecule has 7 heteroatoms. The van der Waals surface area contributed by atoms with Gasteiger partial charge in [-0.3, -0.25) is 4.79 Å². The highest BCUT2D eigenvalue weighted by Crippen LogP contribution is 2.21. The number of nitrogens with one attached hydrogen (secondary N) is 2. The Morgan fingerprint density at radius 3 is 2.05 bits per heavy atom. The second kappa shape index (κ2) is 6.31. The number of carboxylic acid groups (broad SMARTS) is 1. The molecule has 0 aliphatic heterocycles. The van der Waals surface area contributed by atoms with E-state index >= 15 is 0 Å². The molecule has 0 aromatic heterocycles. The van der Waals surface area contributed by atoms with Crippen molar-refractivity contribution in [3.8, 4) is 0 Å². The van der Waals surface area contributed by atoms with Crippen LogP contribution in [0, 0.1) is 11.6 Å². The number of amides is 1. The Morgan fingerprint density at radius 2 is 1.65 bits per heavy atom. The van der Waals surface area contributed by atoms with Crippen LogP contribution in [0.1, 0.15) is 31.1 Å². The third kappa shape index (κ3) is 3.91. The molecule has 0 heterocycles. The standard InChI is InChI=1S/C13H16F2N2O3/c1-6(2)16-12(18)7(3)17-11-9(14)4-8(13(19)20)5-10(11)15/h4-7,17H,1-3H3,(H,16,18)(H,19,20). The van der Waals surface area contributed by atoms with Crippen LogP contribution in [0.4, 0.5) is 14.5 Å². The average Bonchev–Trinajstić information content (AvgIpc) is 2.32. The van der Waals surface area contributed by atoms with Gasteiger partial charge in [-0.15, -0.1) is 0 Å². The molecule has 0 saturated heterocycles. The molecule has 0 aliphatic carbocycles. The molecule has 1 amide bonds. The Kier molecular flexibility index (Phi) is 5.01. The molecule has 1 atom stereocenters. The van der Waals surface area contributed by atoms with Crippen molar-refractivity contribution in [3.05, 3.63) is 29.3 Å². The van der Waals surface area contributed by atoms with Crippen molar-refractivity contribution in [1.29, 1.82) is 0 Å². The Balaban J connectivity index is 2.93. The first-order valence-electron chi connectivity index (χ1n) is 6.01. The first-order chi connectivity index (χ1) is 9.22. The molecule has 5 nitrogen and oxygen atoms in total. The van der Waals surface area contributed by atoms with E-state index in [0.717, 1.165) is 0 Å². The summed E-state index contributed by atoms with van der Waals surface area (Å²) < 4.78 is 27.3. The molecule has 1 unspecified atom stereocenters. The quantitative estimate of drug-likeness (QED) is 0.773. The van der Waals surface area contributed by atoms with Gasteiger partial charge in [-0.1, -0.05) is 0 Å². The summed E-state index contributed by atoms with van der Waals surface area (Å²) in [5, 5.41) is 13.7. The summed E-state index contributed by atoms with van der Waals surface area (Å²) in [5.74, 6) is -3.97. The molecule has 0 bridgehead atoms. The molecule has 0 fully saturated rings. The summed E-state index contributed by atoms with van der Waals surface area (Å²) in [5.41, 5.74) is -1.02. The van der Waals surface area contributed by atoms with E-state index in [4.69, 9.17) is 5.11 Å². The Hall–Kier alpha value is -2.18. The lowest BCUT2D eigenvalue weighted by Crippen LogP contribution is -2.41. The summed E-state index contributed by atoms with van der Waals surface area (Å²) in [6.07, 6.45) is 0. The van der Waals surface area contributed by atoms with Crippen LogP contribution in [0.3, 0.4) is 0 Å². The van der Waals surface area contributed by atoms with Gasteiger partial charge in [0.05, 0.1) is 5.56 Å². The van der Waals surface area contributed by atoms with Gasteiger partial charge in [0.15, 0.2) is 0 Å². The van der Waals surface area contributed by atoms with Gasteiger partial charge in [0, 0.05) is 6.04 Å². The van der Waals surface area contributed by atoms with Crippen molar-refractivity contribution in [3.63, 3.8) is 0 Å². The minimum absolute atomic E-state index is 0.101. The van der Waals surface area contributed by atoms with Gasteiger partial charge < -0.3 is 15.7 Å². The van der Waals surface area contributed by atoms with E-state index in [1.165, 1.54) is 6.92 Å². The van der Waals surface area contributed by atoms with Crippen LogP contribution >= 0.6 is 0 Å². The van der Waals surface area contributed by atoms with Crippen molar-refractivity contribution < 1.29 is 23.5 Å². The van der Waals surface area contributed by atoms with Gasteiger partial charge in [-0.25, -0.2) is 13.6 Å². The van der Waals surface area contributed by atoms with Crippen molar-refractivity contribution in [2.24, 2.45) is 0 Å².